The van der Waals surface area contributed by atoms with Crippen molar-refractivity contribution in [2.24, 2.45) is 0 Å². The lowest BCUT2D eigenvalue weighted by Gasteiger charge is -2.11. The number of rotatable bonds is 5. The lowest BCUT2D eigenvalue weighted by molar-refractivity contribution is 0.0314. The van der Waals surface area contributed by atoms with Crippen LogP contribution < -0.4 is 0 Å². The van der Waals surface area contributed by atoms with Crippen LogP contribution in [0.2, 0.25) is 0 Å². The third kappa shape index (κ3) is 3.55. The number of thiophene rings is 1. The van der Waals surface area contributed by atoms with Crippen molar-refractivity contribution in [1.82, 2.24) is 4.98 Å². The predicted octanol–water partition coefficient (Wildman–Crippen LogP) is 4.30. The Bertz CT molecular complexity index is 810. The molecule has 0 unspecified atom stereocenters. The van der Waals surface area contributed by atoms with E-state index in [1.165, 1.54) is 11.3 Å². The number of hydrogen-bond acceptors (Lipinski definition) is 6. The molecule has 6 heteroatoms. The predicted molar refractivity (Wildman–Crippen MR) is 91.1 cm³/mol. The highest BCUT2D eigenvalue weighted by molar-refractivity contribution is 7.14. The highest BCUT2D eigenvalue weighted by Crippen LogP contribution is 2.26. The number of benzene rings is 1. The van der Waals surface area contributed by atoms with Crippen LogP contribution in [0, 0.1) is 0 Å². The van der Waals surface area contributed by atoms with E-state index in [4.69, 9.17) is 4.74 Å². The minimum absolute atomic E-state index is 0.226. The van der Waals surface area contributed by atoms with E-state index >= 15 is 0 Å². The molecule has 116 valence electrons. The lowest BCUT2D eigenvalue weighted by atomic mass is 10.1. The van der Waals surface area contributed by atoms with Crippen LogP contribution in [0.15, 0.2) is 52.5 Å². The summed E-state index contributed by atoms with van der Waals surface area (Å²) in [6.45, 7) is 1.57. The quantitative estimate of drug-likeness (QED) is 0.512. The average Bonchev–Trinajstić information content (AvgIpc) is 3.25. The second-order valence-corrected chi connectivity index (χ2v) is 6.47. The van der Waals surface area contributed by atoms with Crippen molar-refractivity contribution >= 4 is 34.4 Å². The summed E-state index contributed by atoms with van der Waals surface area (Å²) >= 11 is 2.95. The van der Waals surface area contributed by atoms with Gasteiger partial charge in [0.15, 0.2) is 11.8 Å². The van der Waals surface area contributed by atoms with Crippen molar-refractivity contribution in [3.8, 4) is 10.6 Å². The van der Waals surface area contributed by atoms with Crippen LogP contribution in [0.4, 0.5) is 0 Å². The summed E-state index contributed by atoms with van der Waals surface area (Å²) in [6.07, 6.45) is -0.851. The van der Waals surface area contributed by atoms with Gasteiger partial charge in [0.2, 0.25) is 5.78 Å². The SMILES string of the molecule is C[C@@H](OC(=O)c1csc(-c2ccsc2)n1)C(=O)c1ccccc1. The Kier molecular flexibility index (Phi) is 4.64. The average molecular weight is 343 g/mol. The van der Waals surface area contributed by atoms with E-state index < -0.39 is 12.1 Å². The van der Waals surface area contributed by atoms with E-state index in [-0.39, 0.29) is 11.5 Å². The van der Waals surface area contributed by atoms with Gasteiger partial charge in [-0.2, -0.15) is 11.3 Å². The summed E-state index contributed by atoms with van der Waals surface area (Å²) in [7, 11) is 0. The summed E-state index contributed by atoms with van der Waals surface area (Å²) in [5, 5.41) is 6.33. The minimum atomic E-state index is -0.851. The molecule has 0 radical (unpaired) electrons. The maximum absolute atomic E-state index is 12.2. The van der Waals surface area contributed by atoms with E-state index in [1.807, 2.05) is 22.9 Å². The van der Waals surface area contributed by atoms with Gasteiger partial charge in [-0.1, -0.05) is 30.3 Å². The van der Waals surface area contributed by atoms with Gasteiger partial charge in [0.25, 0.3) is 0 Å². The van der Waals surface area contributed by atoms with Crippen LogP contribution in [0.5, 0.6) is 0 Å². The maximum atomic E-state index is 12.2. The Labute approximate surface area is 141 Å². The molecule has 0 saturated heterocycles. The van der Waals surface area contributed by atoms with E-state index in [9.17, 15) is 9.59 Å². The first-order valence-corrected chi connectivity index (χ1v) is 8.76. The zero-order valence-electron chi connectivity index (χ0n) is 12.3. The third-order valence-corrected chi connectivity index (χ3v) is 4.77. The summed E-state index contributed by atoms with van der Waals surface area (Å²) in [6, 6.07) is 10.7. The normalized spacial score (nSPS) is 11.9. The number of hydrogen-bond donors (Lipinski definition) is 0. The highest BCUT2D eigenvalue weighted by atomic mass is 32.1. The topological polar surface area (TPSA) is 56.3 Å². The van der Waals surface area contributed by atoms with Gasteiger partial charge in [0, 0.05) is 21.9 Å². The molecular formula is C17H13NO3S2. The standard InChI is InChI=1S/C17H13NO3S2/c1-11(15(19)12-5-3-2-4-6-12)21-17(20)14-10-23-16(18-14)13-7-8-22-9-13/h2-11H,1H3/t11-/m1/s1. The van der Waals surface area contributed by atoms with Crippen LogP contribution in [-0.2, 0) is 4.74 Å². The first-order chi connectivity index (χ1) is 11.1. The lowest BCUT2D eigenvalue weighted by Crippen LogP contribution is -2.24. The van der Waals surface area contributed by atoms with Crippen molar-refractivity contribution in [3.63, 3.8) is 0 Å². The summed E-state index contributed by atoms with van der Waals surface area (Å²) in [5.41, 5.74) is 1.72. The number of ketones is 1. The maximum Gasteiger partial charge on any atom is 0.358 e. The van der Waals surface area contributed by atoms with Gasteiger partial charge in [0.05, 0.1) is 0 Å². The van der Waals surface area contributed by atoms with Gasteiger partial charge in [-0.25, -0.2) is 9.78 Å². The van der Waals surface area contributed by atoms with Crippen molar-refractivity contribution in [3.05, 3.63) is 63.8 Å². The number of thiazole rings is 1. The number of carbonyl (C=O) groups excluding carboxylic acids is 2. The molecule has 3 rings (SSSR count). The van der Waals surface area contributed by atoms with Crippen LogP contribution in [0.25, 0.3) is 10.6 Å². The Morgan fingerprint density at radius 2 is 1.91 bits per heavy atom. The Morgan fingerprint density at radius 3 is 2.61 bits per heavy atom. The zero-order valence-corrected chi connectivity index (χ0v) is 13.9. The molecule has 1 atom stereocenters. The number of aromatic nitrogens is 1. The summed E-state index contributed by atoms with van der Waals surface area (Å²) < 4.78 is 5.24. The molecule has 2 heterocycles. The van der Waals surface area contributed by atoms with Crippen molar-refractivity contribution in [2.45, 2.75) is 13.0 Å². The van der Waals surface area contributed by atoms with Crippen molar-refractivity contribution < 1.29 is 14.3 Å². The van der Waals surface area contributed by atoms with Crippen molar-refractivity contribution in [1.29, 1.82) is 0 Å². The summed E-state index contributed by atoms with van der Waals surface area (Å²) in [5.74, 6) is -0.813. The second kappa shape index (κ2) is 6.85. The number of nitrogens with zero attached hydrogens (tertiary/aromatic N) is 1. The van der Waals surface area contributed by atoms with E-state index in [2.05, 4.69) is 4.98 Å². The second-order valence-electron chi connectivity index (χ2n) is 4.83. The monoisotopic (exact) mass is 343 g/mol. The molecule has 23 heavy (non-hydrogen) atoms. The van der Waals surface area contributed by atoms with E-state index in [0.29, 0.717) is 5.56 Å². The molecule has 0 amide bonds. The fourth-order valence-corrected chi connectivity index (χ4v) is 3.50. The Morgan fingerprint density at radius 1 is 1.13 bits per heavy atom. The zero-order chi connectivity index (χ0) is 16.2. The van der Waals surface area contributed by atoms with Gasteiger partial charge >= 0.3 is 5.97 Å². The fraction of sp³-hybridized carbons (Fsp3) is 0.118. The van der Waals surface area contributed by atoms with Crippen LogP contribution in [0.1, 0.15) is 27.8 Å². The third-order valence-electron chi connectivity index (χ3n) is 3.19. The highest BCUT2D eigenvalue weighted by Gasteiger charge is 2.22. The van der Waals surface area contributed by atoms with Crippen molar-refractivity contribution in [2.75, 3.05) is 0 Å². The van der Waals surface area contributed by atoms with Crippen LogP contribution in [-0.4, -0.2) is 22.8 Å². The van der Waals surface area contributed by atoms with Crippen LogP contribution in [0.3, 0.4) is 0 Å². The first-order valence-electron chi connectivity index (χ1n) is 6.93. The molecule has 0 N–H and O–H groups in total. The van der Waals surface area contributed by atoms with Gasteiger partial charge in [-0.05, 0) is 18.4 Å². The molecule has 0 aliphatic carbocycles. The Hall–Kier alpha value is -2.31. The van der Waals surface area contributed by atoms with E-state index in [0.717, 1.165) is 10.6 Å². The molecule has 4 nitrogen and oxygen atoms in total. The minimum Gasteiger partial charge on any atom is -0.450 e. The molecule has 0 aliphatic rings. The van der Waals surface area contributed by atoms with Gasteiger partial charge in [-0.3, -0.25) is 4.79 Å². The molecule has 0 aliphatic heterocycles. The van der Waals surface area contributed by atoms with Gasteiger partial charge < -0.3 is 4.74 Å². The smallest absolute Gasteiger partial charge is 0.358 e. The molecule has 0 bridgehead atoms. The molecule has 2 aromatic heterocycles. The number of carbonyl (C=O) groups is 2. The number of esters is 1. The van der Waals surface area contributed by atoms with Crippen LogP contribution >= 0.6 is 22.7 Å². The molecule has 3 aromatic rings. The molecule has 0 spiro atoms. The number of Topliss-reactive ketones (excluding diaryl/α,β-unsaturated/α-hetero) is 1. The first kappa shape index (κ1) is 15.6. The van der Waals surface area contributed by atoms with Gasteiger partial charge in [0.1, 0.15) is 5.01 Å². The molecule has 1 aromatic carbocycles. The Balaban J connectivity index is 1.68. The largest absolute Gasteiger partial charge is 0.450 e. The van der Waals surface area contributed by atoms with Gasteiger partial charge in [-0.15, -0.1) is 11.3 Å². The molecule has 0 saturated carbocycles. The fourth-order valence-electron chi connectivity index (χ4n) is 2.00. The summed E-state index contributed by atoms with van der Waals surface area (Å²) in [4.78, 5) is 28.6. The molecular weight excluding hydrogens is 330 g/mol. The van der Waals surface area contributed by atoms with E-state index in [1.54, 1.807) is 47.9 Å². The number of ether oxygens (including phenoxy) is 1. The molecule has 0 fully saturated rings.